The fraction of sp³-hybridized carbons (Fsp3) is 0.417. The van der Waals surface area contributed by atoms with Gasteiger partial charge in [-0.3, -0.25) is 0 Å². The van der Waals surface area contributed by atoms with Crippen LogP contribution in [0.15, 0.2) is 24.5 Å². The van der Waals surface area contributed by atoms with Gasteiger partial charge in [0.2, 0.25) is 0 Å². The Hall–Kier alpha value is -1.39. The molecule has 1 aromatic carbocycles. The van der Waals surface area contributed by atoms with E-state index in [4.69, 9.17) is 10.8 Å². The molecule has 0 aliphatic rings. The van der Waals surface area contributed by atoms with Gasteiger partial charge >= 0.3 is 0 Å². The number of rotatable bonds is 3. The molecule has 0 saturated heterocycles. The zero-order valence-corrected chi connectivity index (χ0v) is 9.64. The fourth-order valence-electron chi connectivity index (χ4n) is 1.81. The van der Waals surface area contributed by atoms with Gasteiger partial charge in [-0.1, -0.05) is 6.07 Å². The smallest absolute Gasteiger partial charge is 0.0955 e. The average molecular weight is 219 g/mol. The molecular weight excluding hydrogens is 202 g/mol. The molecule has 16 heavy (non-hydrogen) atoms. The van der Waals surface area contributed by atoms with E-state index < -0.39 is 5.54 Å². The van der Waals surface area contributed by atoms with E-state index in [9.17, 15) is 0 Å². The lowest BCUT2D eigenvalue weighted by Gasteiger charge is -2.21. The Balaban J connectivity index is 2.33. The molecule has 0 aliphatic heterocycles. The molecular formula is C12H17N3O. The third kappa shape index (κ3) is 2.08. The molecule has 3 N–H and O–H groups in total. The van der Waals surface area contributed by atoms with Crippen LogP contribution in [0.1, 0.15) is 12.5 Å². The van der Waals surface area contributed by atoms with E-state index in [1.165, 1.54) is 0 Å². The molecule has 1 heterocycles. The molecule has 1 aromatic heterocycles. The second kappa shape index (κ2) is 3.88. The van der Waals surface area contributed by atoms with Crippen LogP contribution in [0.3, 0.4) is 0 Å². The van der Waals surface area contributed by atoms with Crippen molar-refractivity contribution >= 4 is 11.0 Å². The number of aliphatic hydroxyl groups is 1. The minimum Gasteiger partial charge on any atom is -0.394 e. The highest BCUT2D eigenvalue weighted by Crippen LogP contribution is 2.17. The molecule has 4 heteroatoms. The van der Waals surface area contributed by atoms with E-state index in [1.54, 1.807) is 6.33 Å². The number of hydrogen-bond acceptors (Lipinski definition) is 3. The van der Waals surface area contributed by atoms with Crippen molar-refractivity contribution in [3.05, 3.63) is 30.1 Å². The highest BCUT2D eigenvalue weighted by molar-refractivity contribution is 5.75. The van der Waals surface area contributed by atoms with Gasteiger partial charge in [0.15, 0.2) is 0 Å². The van der Waals surface area contributed by atoms with Crippen LogP contribution in [0.2, 0.25) is 0 Å². The molecule has 0 saturated carbocycles. The van der Waals surface area contributed by atoms with Crippen molar-refractivity contribution in [2.24, 2.45) is 12.8 Å². The number of benzene rings is 1. The Labute approximate surface area is 94.7 Å². The standard InChI is InChI=1S/C12H17N3O/c1-12(13,7-16)6-9-3-4-11-10(5-9)14-8-15(11)2/h3-5,8,16H,6-7,13H2,1-2H3. The molecule has 2 aromatic rings. The zero-order chi connectivity index (χ0) is 11.8. The Morgan fingerprint density at radius 2 is 2.25 bits per heavy atom. The highest BCUT2D eigenvalue weighted by Gasteiger charge is 2.17. The molecule has 0 fully saturated rings. The molecule has 0 spiro atoms. The Kier molecular flexibility index (Phi) is 2.69. The monoisotopic (exact) mass is 219 g/mol. The summed E-state index contributed by atoms with van der Waals surface area (Å²) in [6, 6.07) is 6.09. The van der Waals surface area contributed by atoms with Crippen molar-refractivity contribution in [1.29, 1.82) is 0 Å². The van der Waals surface area contributed by atoms with Gasteiger partial charge < -0.3 is 15.4 Å². The third-order valence-corrected chi connectivity index (χ3v) is 2.76. The lowest BCUT2D eigenvalue weighted by molar-refractivity contribution is 0.208. The van der Waals surface area contributed by atoms with Crippen molar-refractivity contribution in [3.63, 3.8) is 0 Å². The van der Waals surface area contributed by atoms with Gasteiger partial charge in [-0.05, 0) is 31.0 Å². The van der Waals surface area contributed by atoms with Crippen LogP contribution >= 0.6 is 0 Å². The predicted molar refractivity (Wildman–Crippen MR) is 64.1 cm³/mol. The van der Waals surface area contributed by atoms with Gasteiger partial charge in [0, 0.05) is 12.6 Å². The largest absolute Gasteiger partial charge is 0.394 e. The maximum absolute atomic E-state index is 9.13. The van der Waals surface area contributed by atoms with Gasteiger partial charge in [0.1, 0.15) is 0 Å². The van der Waals surface area contributed by atoms with Gasteiger partial charge in [-0.2, -0.15) is 0 Å². The Morgan fingerprint density at radius 1 is 1.50 bits per heavy atom. The van der Waals surface area contributed by atoms with Crippen LogP contribution in [-0.2, 0) is 13.5 Å². The van der Waals surface area contributed by atoms with Crippen LogP contribution in [0.5, 0.6) is 0 Å². The number of aryl methyl sites for hydroxylation is 1. The molecule has 1 atom stereocenters. The van der Waals surface area contributed by atoms with Gasteiger partial charge in [-0.25, -0.2) is 4.98 Å². The summed E-state index contributed by atoms with van der Waals surface area (Å²) in [6.07, 6.45) is 2.44. The number of aliphatic hydroxyl groups excluding tert-OH is 1. The first kappa shape index (κ1) is 11.1. The maximum atomic E-state index is 9.13. The molecule has 0 amide bonds. The van der Waals surface area contributed by atoms with E-state index in [-0.39, 0.29) is 6.61 Å². The molecule has 0 bridgehead atoms. The van der Waals surface area contributed by atoms with E-state index >= 15 is 0 Å². The zero-order valence-electron chi connectivity index (χ0n) is 9.64. The SMILES string of the molecule is Cn1cnc2cc(CC(C)(N)CO)ccc21. The number of nitrogens with two attached hydrogens (primary N) is 1. The van der Waals surface area contributed by atoms with Crippen molar-refractivity contribution in [3.8, 4) is 0 Å². The molecule has 2 rings (SSSR count). The second-order valence-corrected chi connectivity index (χ2v) is 4.67. The van der Waals surface area contributed by atoms with Crippen molar-refractivity contribution in [2.75, 3.05) is 6.61 Å². The lowest BCUT2D eigenvalue weighted by atomic mass is 9.95. The minimum absolute atomic E-state index is 0.0206. The third-order valence-electron chi connectivity index (χ3n) is 2.76. The first-order valence-corrected chi connectivity index (χ1v) is 5.31. The molecule has 0 aliphatic carbocycles. The summed E-state index contributed by atoms with van der Waals surface area (Å²) in [5.41, 5.74) is 8.53. The number of aromatic nitrogens is 2. The summed E-state index contributed by atoms with van der Waals surface area (Å²) in [5, 5.41) is 9.13. The van der Waals surface area contributed by atoms with Gasteiger partial charge in [-0.15, -0.1) is 0 Å². The fourth-order valence-corrected chi connectivity index (χ4v) is 1.81. The summed E-state index contributed by atoms with van der Waals surface area (Å²) >= 11 is 0. The van der Waals surface area contributed by atoms with Crippen LogP contribution in [-0.4, -0.2) is 26.8 Å². The number of hydrogen-bond donors (Lipinski definition) is 2. The van der Waals surface area contributed by atoms with Gasteiger partial charge in [0.25, 0.3) is 0 Å². The molecule has 0 radical (unpaired) electrons. The minimum atomic E-state index is -0.567. The van der Waals surface area contributed by atoms with Crippen molar-refractivity contribution < 1.29 is 5.11 Å². The second-order valence-electron chi connectivity index (χ2n) is 4.67. The topological polar surface area (TPSA) is 64.1 Å². The van der Waals surface area contributed by atoms with E-state index in [2.05, 4.69) is 4.98 Å². The van der Waals surface area contributed by atoms with Crippen LogP contribution in [0, 0.1) is 0 Å². The summed E-state index contributed by atoms with van der Waals surface area (Å²) in [4.78, 5) is 4.29. The number of nitrogens with zero attached hydrogens (tertiary/aromatic N) is 2. The quantitative estimate of drug-likeness (QED) is 0.803. The summed E-state index contributed by atoms with van der Waals surface area (Å²) < 4.78 is 1.98. The molecule has 86 valence electrons. The van der Waals surface area contributed by atoms with Crippen LogP contribution < -0.4 is 5.73 Å². The summed E-state index contributed by atoms with van der Waals surface area (Å²) in [7, 11) is 1.97. The number of fused-ring (bicyclic) bond motifs is 1. The van der Waals surface area contributed by atoms with E-state index in [0.717, 1.165) is 16.6 Å². The van der Waals surface area contributed by atoms with Crippen LogP contribution in [0.25, 0.3) is 11.0 Å². The normalized spacial score (nSPS) is 15.2. The van der Waals surface area contributed by atoms with E-state index in [0.29, 0.717) is 6.42 Å². The summed E-state index contributed by atoms with van der Waals surface area (Å²) in [5.74, 6) is 0. The first-order valence-electron chi connectivity index (χ1n) is 5.31. The number of imidazole rings is 1. The van der Waals surface area contributed by atoms with E-state index in [1.807, 2.05) is 36.7 Å². The Morgan fingerprint density at radius 3 is 2.94 bits per heavy atom. The van der Waals surface area contributed by atoms with Crippen molar-refractivity contribution in [1.82, 2.24) is 9.55 Å². The average Bonchev–Trinajstić information content (AvgIpc) is 2.60. The van der Waals surface area contributed by atoms with Crippen molar-refractivity contribution in [2.45, 2.75) is 18.9 Å². The predicted octanol–water partition coefficient (Wildman–Crippen LogP) is 0.826. The molecule has 4 nitrogen and oxygen atoms in total. The first-order chi connectivity index (χ1) is 7.52. The van der Waals surface area contributed by atoms with Gasteiger partial charge in [0.05, 0.1) is 24.0 Å². The molecule has 1 unspecified atom stereocenters. The Bertz CT molecular complexity index is 502. The summed E-state index contributed by atoms with van der Waals surface area (Å²) in [6.45, 7) is 1.82. The lowest BCUT2D eigenvalue weighted by Crippen LogP contribution is -2.42. The highest BCUT2D eigenvalue weighted by atomic mass is 16.3. The maximum Gasteiger partial charge on any atom is 0.0955 e. The van der Waals surface area contributed by atoms with Crippen LogP contribution in [0.4, 0.5) is 0 Å².